The van der Waals surface area contributed by atoms with Crippen LogP contribution in [0.3, 0.4) is 0 Å². The minimum absolute atomic E-state index is 0.117. The number of aliphatic hydroxyl groups is 3. The molecular formula is C16H20NO8P. The Balaban J connectivity index is 2.51. The van der Waals surface area contributed by atoms with E-state index in [4.69, 9.17) is 9.79 Å². The minimum Gasteiger partial charge on any atom is -0.508 e. The van der Waals surface area contributed by atoms with Gasteiger partial charge in [0.15, 0.2) is 11.6 Å². The Kier molecular flexibility index (Phi) is 5.60. The summed E-state index contributed by atoms with van der Waals surface area (Å²) in [6.07, 6.45) is 1.73. The van der Waals surface area contributed by atoms with E-state index in [-0.39, 0.29) is 12.2 Å². The molecule has 0 amide bonds. The van der Waals surface area contributed by atoms with Crippen LogP contribution in [0, 0.1) is 5.92 Å². The van der Waals surface area contributed by atoms with E-state index < -0.39 is 42.6 Å². The fraction of sp³-hybridized carbons (Fsp3) is 0.312. The van der Waals surface area contributed by atoms with Gasteiger partial charge in [-0.1, -0.05) is 19.1 Å². The maximum absolute atomic E-state index is 12.3. The van der Waals surface area contributed by atoms with E-state index in [1.807, 2.05) is 0 Å². The molecule has 0 bridgehead atoms. The van der Waals surface area contributed by atoms with Crippen molar-refractivity contribution >= 4 is 13.5 Å². The lowest BCUT2D eigenvalue weighted by atomic mass is 9.76. The van der Waals surface area contributed by atoms with Crippen LogP contribution in [0.2, 0.25) is 0 Å². The van der Waals surface area contributed by atoms with Gasteiger partial charge in [0.2, 0.25) is 0 Å². The largest absolute Gasteiger partial charge is 0.508 e. The first-order valence-corrected chi connectivity index (χ1v) is 9.30. The Bertz CT molecular complexity index is 810. The maximum atomic E-state index is 12.3. The van der Waals surface area contributed by atoms with Crippen molar-refractivity contribution in [1.82, 2.24) is 5.09 Å². The average Bonchev–Trinajstić information content (AvgIpc) is 2.44. The Morgan fingerprint density at radius 2 is 1.88 bits per heavy atom. The third kappa shape index (κ3) is 4.32. The lowest BCUT2D eigenvalue weighted by Gasteiger charge is -2.38. The number of nitrogens with one attached hydrogen (secondary N) is 1. The first-order chi connectivity index (χ1) is 12.0. The molecule has 0 heterocycles. The van der Waals surface area contributed by atoms with Crippen molar-refractivity contribution in [2.75, 3.05) is 0 Å². The summed E-state index contributed by atoms with van der Waals surface area (Å²) in [5.74, 6) is -7.25. The Labute approximate surface area is 149 Å². The minimum atomic E-state index is -4.88. The molecule has 2 unspecified atom stereocenters. The first kappa shape index (κ1) is 20.2. The van der Waals surface area contributed by atoms with Crippen LogP contribution in [0.15, 0.2) is 47.9 Å². The molecule has 0 aromatic heterocycles. The van der Waals surface area contributed by atoms with E-state index in [2.05, 4.69) is 0 Å². The number of carbonyl (C=O) groups excluding carboxylic acids is 1. The van der Waals surface area contributed by atoms with E-state index >= 15 is 0 Å². The lowest BCUT2D eigenvalue weighted by molar-refractivity contribution is -0.207. The standard InChI is InChI=1S/C16H20NO8P/c1-2-12(9-4-3-5-10(18)6-9)16(21,22)15-13(17-26(23,24)25)7-11(19)8-14(15)20/h3-8,12,15,18-19,21-22H,2H2,1H3,(H3,17,23,24,25). The summed E-state index contributed by atoms with van der Waals surface area (Å²) < 4.78 is 11.3. The van der Waals surface area contributed by atoms with Crippen molar-refractivity contribution in [3.05, 3.63) is 53.4 Å². The van der Waals surface area contributed by atoms with E-state index in [1.54, 1.807) is 12.0 Å². The number of benzene rings is 1. The average molecular weight is 385 g/mol. The SMILES string of the molecule is CCC(c1cccc(O)c1)C(O)(O)C1C(=O)C=C(O)C=C1NP(=O)(O)O. The van der Waals surface area contributed by atoms with Gasteiger partial charge in [0.25, 0.3) is 0 Å². The van der Waals surface area contributed by atoms with E-state index in [0.29, 0.717) is 5.56 Å². The van der Waals surface area contributed by atoms with Crippen LogP contribution < -0.4 is 5.09 Å². The summed E-state index contributed by atoms with van der Waals surface area (Å²) in [4.78, 5) is 30.6. The quantitative estimate of drug-likeness (QED) is 0.276. The molecule has 0 saturated heterocycles. The summed E-state index contributed by atoms with van der Waals surface area (Å²) in [5.41, 5.74) is -0.202. The normalized spacial score (nSPS) is 19.6. The van der Waals surface area contributed by atoms with Gasteiger partial charge in [0.1, 0.15) is 17.4 Å². The lowest BCUT2D eigenvalue weighted by Crippen LogP contribution is -2.50. The molecule has 1 aromatic carbocycles. The highest BCUT2D eigenvalue weighted by Crippen LogP contribution is 2.43. The van der Waals surface area contributed by atoms with Crippen molar-refractivity contribution in [2.24, 2.45) is 5.92 Å². The number of aliphatic hydroxyl groups excluding tert-OH is 1. The van der Waals surface area contributed by atoms with Crippen LogP contribution in [0.4, 0.5) is 0 Å². The second kappa shape index (κ2) is 7.22. The highest BCUT2D eigenvalue weighted by atomic mass is 31.2. The third-order valence-electron chi connectivity index (χ3n) is 4.08. The van der Waals surface area contributed by atoms with Gasteiger partial charge in [-0.25, -0.2) is 4.57 Å². The van der Waals surface area contributed by atoms with Crippen molar-refractivity contribution < 1.29 is 39.6 Å². The molecule has 0 aliphatic heterocycles. The van der Waals surface area contributed by atoms with Gasteiger partial charge in [0, 0.05) is 23.8 Å². The predicted octanol–water partition coefficient (Wildman–Crippen LogP) is 0.774. The van der Waals surface area contributed by atoms with Gasteiger partial charge in [0.05, 0.1) is 0 Å². The van der Waals surface area contributed by atoms with Gasteiger partial charge in [-0.05, 0) is 24.1 Å². The predicted molar refractivity (Wildman–Crippen MR) is 90.8 cm³/mol. The second-order valence-corrected chi connectivity index (χ2v) is 7.31. The second-order valence-electron chi connectivity index (χ2n) is 6.00. The number of phenols is 1. The van der Waals surface area contributed by atoms with Crippen LogP contribution in [0.1, 0.15) is 24.8 Å². The summed E-state index contributed by atoms with van der Waals surface area (Å²) in [7, 11) is -4.88. The molecule has 2 rings (SSSR count). The van der Waals surface area contributed by atoms with Crippen LogP contribution in [-0.4, -0.2) is 41.8 Å². The molecule has 9 nitrogen and oxygen atoms in total. The number of rotatable bonds is 6. The molecule has 7 N–H and O–H groups in total. The topological polar surface area (TPSA) is 168 Å². The Morgan fingerprint density at radius 3 is 2.42 bits per heavy atom. The van der Waals surface area contributed by atoms with Crippen LogP contribution in [0.25, 0.3) is 0 Å². The van der Waals surface area contributed by atoms with Crippen LogP contribution in [0.5, 0.6) is 5.75 Å². The number of ketones is 1. The summed E-state index contributed by atoms with van der Waals surface area (Å²) >= 11 is 0. The zero-order chi connectivity index (χ0) is 19.7. The van der Waals surface area contributed by atoms with Gasteiger partial charge < -0.3 is 30.2 Å². The molecule has 1 aliphatic carbocycles. The number of aromatic hydroxyl groups is 1. The van der Waals surface area contributed by atoms with Crippen LogP contribution in [-0.2, 0) is 9.36 Å². The van der Waals surface area contributed by atoms with Crippen molar-refractivity contribution in [3.8, 4) is 5.75 Å². The molecule has 2 atom stereocenters. The van der Waals surface area contributed by atoms with Crippen molar-refractivity contribution in [3.63, 3.8) is 0 Å². The monoisotopic (exact) mass is 385 g/mol. The summed E-state index contributed by atoms with van der Waals surface area (Å²) in [6.45, 7) is 1.62. The number of allylic oxidation sites excluding steroid dienone is 2. The van der Waals surface area contributed by atoms with Crippen molar-refractivity contribution in [2.45, 2.75) is 25.0 Å². The Hall–Kier alpha value is -2.16. The Morgan fingerprint density at radius 1 is 1.23 bits per heavy atom. The molecule has 0 saturated carbocycles. The van der Waals surface area contributed by atoms with Crippen LogP contribution >= 0.6 is 7.75 Å². The molecule has 1 aliphatic rings. The van der Waals surface area contributed by atoms with Crippen molar-refractivity contribution in [1.29, 1.82) is 0 Å². The van der Waals surface area contributed by atoms with E-state index in [1.165, 1.54) is 24.3 Å². The smallest absolute Gasteiger partial charge is 0.427 e. The molecule has 10 heteroatoms. The third-order valence-corrected chi connectivity index (χ3v) is 4.63. The number of carbonyl (C=O) groups is 1. The van der Waals surface area contributed by atoms with Gasteiger partial charge in [-0.3, -0.25) is 9.88 Å². The number of phenolic OH excluding ortho intramolecular Hbond substituents is 1. The highest BCUT2D eigenvalue weighted by molar-refractivity contribution is 7.49. The fourth-order valence-electron chi connectivity index (χ4n) is 3.09. The molecule has 0 spiro atoms. The molecule has 142 valence electrons. The molecule has 1 aromatic rings. The molecule has 26 heavy (non-hydrogen) atoms. The summed E-state index contributed by atoms with van der Waals surface area (Å²) in [5, 5.41) is 42.5. The zero-order valence-electron chi connectivity index (χ0n) is 13.8. The molecule has 0 radical (unpaired) electrons. The summed E-state index contributed by atoms with van der Waals surface area (Å²) in [6, 6.07) is 5.70. The number of hydrogen-bond donors (Lipinski definition) is 7. The zero-order valence-corrected chi connectivity index (χ0v) is 14.7. The number of hydrogen-bond acceptors (Lipinski definition) is 6. The highest BCUT2D eigenvalue weighted by Gasteiger charge is 2.49. The van der Waals surface area contributed by atoms with Gasteiger partial charge >= 0.3 is 7.75 Å². The van der Waals surface area contributed by atoms with Gasteiger partial charge in [-0.15, -0.1) is 0 Å². The molecule has 0 fully saturated rings. The maximum Gasteiger partial charge on any atom is 0.427 e. The van der Waals surface area contributed by atoms with E-state index in [9.17, 15) is 29.8 Å². The van der Waals surface area contributed by atoms with E-state index in [0.717, 1.165) is 12.2 Å². The first-order valence-electron chi connectivity index (χ1n) is 7.69. The fourth-order valence-corrected chi connectivity index (χ4v) is 3.62. The molecular weight excluding hydrogens is 365 g/mol. The van der Waals surface area contributed by atoms with Gasteiger partial charge in [-0.2, -0.15) is 0 Å².